The van der Waals surface area contributed by atoms with Crippen molar-refractivity contribution in [2.45, 2.75) is 6.61 Å². The number of carbonyl (C=O) groups is 2. The molecule has 0 saturated carbocycles. The van der Waals surface area contributed by atoms with E-state index in [0.29, 0.717) is 16.4 Å². The summed E-state index contributed by atoms with van der Waals surface area (Å²) in [5, 5.41) is 6.90. The summed E-state index contributed by atoms with van der Waals surface area (Å²) >= 11 is 9.12. The molecule has 0 aliphatic rings. The van der Waals surface area contributed by atoms with Gasteiger partial charge >= 0.3 is 5.97 Å². The maximum absolute atomic E-state index is 11.9. The Morgan fingerprint density at radius 2 is 1.81 bits per heavy atom. The Kier molecular flexibility index (Phi) is 6.20. The molecule has 0 saturated heterocycles. The first-order valence-electron chi connectivity index (χ1n) is 7.79. The summed E-state index contributed by atoms with van der Waals surface area (Å²) in [6.45, 7) is -0.458. The van der Waals surface area contributed by atoms with Gasteiger partial charge in [0.05, 0.1) is 0 Å². The number of hydrogen-bond acceptors (Lipinski definition) is 6. The Balaban J connectivity index is 1.47. The average Bonchev–Trinajstić information content (AvgIpc) is 3.14. The van der Waals surface area contributed by atoms with Crippen molar-refractivity contribution in [1.29, 1.82) is 0 Å². The maximum Gasteiger partial charge on any atom is 0.325 e. The van der Waals surface area contributed by atoms with E-state index in [2.05, 4.69) is 31.4 Å². The predicted molar refractivity (Wildman–Crippen MR) is 101 cm³/mol. The highest BCUT2D eigenvalue weighted by Gasteiger charge is 2.12. The van der Waals surface area contributed by atoms with Gasteiger partial charge in [0, 0.05) is 20.6 Å². The molecule has 2 aromatic carbocycles. The van der Waals surface area contributed by atoms with Gasteiger partial charge in [0.1, 0.15) is 6.54 Å². The normalized spacial score (nSPS) is 10.4. The molecule has 1 amide bonds. The van der Waals surface area contributed by atoms with E-state index in [9.17, 15) is 9.59 Å². The molecule has 1 aromatic heterocycles. The van der Waals surface area contributed by atoms with Crippen molar-refractivity contribution in [2.75, 3.05) is 6.54 Å². The van der Waals surface area contributed by atoms with E-state index in [1.165, 1.54) is 0 Å². The van der Waals surface area contributed by atoms with Crippen molar-refractivity contribution in [1.82, 2.24) is 15.5 Å². The molecule has 0 radical (unpaired) electrons. The van der Waals surface area contributed by atoms with Crippen LogP contribution in [-0.2, 0) is 16.1 Å². The number of aromatic nitrogens is 2. The molecule has 0 spiro atoms. The number of benzene rings is 2. The standard InChI is InChI=1S/C18H13BrClN3O4/c19-13-5-1-12(2-6-13)18(25)21-9-16(24)26-10-15-22-17(23-27-15)11-3-7-14(20)8-4-11/h1-8H,9-10H2,(H,21,25). The van der Waals surface area contributed by atoms with Crippen molar-refractivity contribution < 1.29 is 18.8 Å². The third kappa shape index (κ3) is 5.38. The SMILES string of the molecule is O=C(CNC(=O)c1ccc(Br)cc1)OCc1nc(-c2ccc(Cl)cc2)no1. The molecule has 27 heavy (non-hydrogen) atoms. The Morgan fingerprint density at radius 1 is 1.11 bits per heavy atom. The second-order valence-electron chi connectivity index (χ2n) is 5.37. The van der Waals surface area contributed by atoms with Gasteiger partial charge in [-0.05, 0) is 48.5 Å². The van der Waals surface area contributed by atoms with Crippen molar-refractivity contribution in [3.63, 3.8) is 0 Å². The van der Waals surface area contributed by atoms with Gasteiger partial charge in [0.15, 0.2) is 6.61 Å². The number of ether oxygens (including phenoxy) is 1. The molecule has 0 aliphatic heterocycles. The molecule has 3 rings (SSSR count). The highest BCUT2D eigenvalue weighted by molar-refractivity contribution is 9.10. The second kappa shape index (κ2) is 8.79. The van der Waals surface area contributed by atoms with Crippen LogP contribution in [-0.4, -0.2) is 28.6 Å². The van der Waals surface area contributed by atoms with Gasteiger partial charge in [-0.25, -0.2) is 0 Å². The molecule has 0 aliphatic carbocycles. The van der Waals surface area contributed by atoms with Crippen LogP contribution in [0.1, 0.15) is 16.2 Å². The molecule has 1 N–H and O–H groups in total. The fraction of sp³-hybridized carbons (Fsp3) is 0.111. The summed E-state index contributed by atoms with van der Waals surface area (Å²) in [4.78, 5) is 27.8. The van der Waals surface area contributed by atoms with E-state index in [-0.39, 0.29) is 24.9 Å². The van der Waals surface area contributed by atoms with Gasteiger partial charge in [0.25, 0.3) is 11.8 Å². The predicted octanol–water partition coefficient (Wildman–Crippen LogP) is 3.63. The largest absolute Gasteiger partial charge is 0.454 e. The lowest BCUT2D eigenvalue weighted by Crippen LogP contribution is -2.30. The number of nitrogens with zero attached hydrogens (tertiary/aromatic N) is 2. The van der Waals surface area contributed by atoms with Crippen molar-refractivity contribution in [2.24, 2.45) is 0 Å². The van der Waals surface area contributed by atoms with Crippen LogP contribution < -0.4 is 5.32 Å². The van der Waals surface area contributed by atoms with Gasteiger partial charge in [-0.1, -0.05) is 32.7 Å². The van der Waals surface area contributed by atoms with E-state index in [1.807, 2.05) is 0 Å². The minimum Gasteiger partial charge on any atom is -0.454 e. The fourth-order valence-electron chi connectivity index (χ4n) is 2.08. The molecule has 0 fully saturated rings. The zero-order chi connectivity index (χ0) is 19.2. The van der Waals surface area contributed by atoms with Crippen LogP contribution >= 0.6 is 27.5 Å². The second-order valence-corrected chi connectivity index (χ2v) is 6.72. The highest BCUT2D eigenvalue weighted by atomic mass is 79.9. The third-order valence-corrected chi connectivity index (χ3v) is 4.21. The van der Waals surface area contributed by atoms with Crippen LogP contribution in [0.2, 0.25) is 5.02 Å². The van der Waals surface area contributed by atoms with Crippen LogP contribution in [0, 0.1) is 0 Å². The van der Waals surface area contributed by atoms with Crippen LogP contribution in [0.15, 0.2) is 57.5 Å². The number of amides is 1. The van der Waals surface area contributed by atoms with E-state index >= 15 is 0 Å². The summed E-state index contributed by atoms with van der Waals surface area (Å²) in [5.74, 6) is -0.484. The van der Waals surface area contributed by atoms with Crippen LogP contribution in [0.3, 0.4) is 0 Å². The first-order valence-corrected chi connectivity index (χ1v) is 8.96. The molecule has 9 heteroatoms. The molecule has 0 unspecified atom stereocenters. The van der Waals surface area contributed by atoms with Gasteiger partial charge in [-0.2, -0.15) is 4.98 Å². The Morgan fingerprint density at radius 3 is 2.52 bits per heavy atom. The molecule has 7 nitrogen and oxygen atoms in total. The van der Waals surface area contributed by atoms with Gasteiger partial charge in [0.2, 0.25) is 5.82 Å². The van der Waals surface area contributed by atoms with Crippen LogP contribution in [0.4, 0.5) is 0 Å². The Bertz CT molecular complexity index is 942. The van der Waals surface area contributed by atoms with E-state index in [1.54, 1.807) is 48.5 Å². The smallest absolute Gasteiger partial charge is 0.325 e. The van der Waals surface area contributed by atoms with E-state index in [4.69, 9.17) is 20.9 Å². The van der Waals surface area contributed by atoms with Crippen molar-refractivity contribution in [3.8, 4) is 11.4 Å². The van der Waals surface area contributed by atoms with E-state index < -0.39 is 5.97 Å². The minimum absolute atomic E-state index is 0.146. The lowest BCUT2D eigenvalue weighted by atomic mass is 10.2. The first-order chi connectivity index (χ1) is 13.0. The number of rotatable bonds is 6. The molecular formula is C18H13BrClN3O4. The summed E-state index contributed by atoms with van der Waals surface area (Å²) in [6, 6.07) is 13.7. The number of nitrogens with one attached hydrogen (secondary N) is 1. The fourth-order valence-corrected chi connectivity index (χ4v) is 2.47. The topological polar surface area (TPSA) is 94.3 Å². The number of hydrogen-bond donors (Lipinski definition) is 1. The van der Waals surface area contributed by atoms with E-state index in [0.717, 1.165) is 10.0 Å². The average molecular weight is 451 g/mol. The highest BCUT2D eigenvalue weighted by Crippen LogP contribution is 2.18. The molecule has 0 atom stereocenters. The quantitative estimate of drug-likeness (QED) is 0.576. The zero-order valence-electron chi connectivity index (χ0n) is 13.8. The first kappa shape index (κ1) is 19.1. The Hall–Kier alpha value is -2.71. The molecule has 0 bridgehead atoms. The number of halogens is 2. The van der Waals surface area contributed by atoms with Gasteiger partial charge in [-0.3, -0.25) is 9.59 Å². The summed E-state index contributed by atoms with van der Waals surface area (Å²) < 4.78 is 10.9. The minimum atomic E-state index is -0.619. The monoisotopic (exact) mass is 449 g/mol. The maximum atomic E-state index is 11.9. The third-order valence-electron chi connectivity index (χ3n) is 3.43. The van der Waals surface area contributed by atoms with Gasteiger partial charge in [-0.15, -0.1) is 0 Å². The number of esters is 1. The molecular weight excluding hydrogens is 438 g/mol. The summed E-state index contributed by atoms with van der Waals surface area (Å²) in [6.07, 6.45) is 0. The summed E-state index contributed by atoms with van der Waals surface area (Å²) in [5.41, 5.74) is 1.16. The van der Waals surface area contributed by atoms with Crippen LogP contribution in [0.5, 0.6) is 0 Å². The van der Waals surface area contributed by atoms with Gasteiger partial charge < -0.3 is 14.6 Å². The molecule has 1 heterocycles. The lowest BCUT2D eigenvalue weighted by molar-refractivity contribution is -0.144. The van der Waals surface area contributed by atoms with Crippen LogP contribution in [0.25, 0.3) is 11.4 Å². The lowest BCUT2D eigenvalue weighted by Gasteiger charge is -2.05. The number of carbonyl (C=O) groups excluding carboxylic acids is 2. The molecule has 138 valence electrons. The zero-order valence-corrected chi connectivity index (χ0v) is 16.2. The van der Waals surface area contributed by atoms with Crippen molar-refractivity contribution >= 4 is 39.4 Å². The molecule has 3 aromatic rings. The van der Waals surface area contributed by atoms with Crippen molar-refractivity contribution in [3.05, 3.63) is 69.5 Å². The Labute approximate surface area is 167 Å². The summed E-state index contributed by atoms with van der Waals surface area (Å²) in [7, 11) is 0.